The van der Waals surface area contributed by atoms with Crippen LogP contribution in [0.2, 0.25) is 0 Å². The summed E-state index contributed by atoms with van der Waals surface area (Å²) in [6, 6.07) is 8.28. The highest BCUT2D eigenvalue weighted by Crippen LogP contribution is 2.22. The van der Waals surface area contributed by atoms with Crippen LogP contribution in [-0.2, 0) is 6.42 Å². The van der Waals surface area contributed by atoms with Crippen LogP contribution in [-0.4, -0.2) is 4.98 Å². The summed E-state index contributed by atoms with van der Waals surface area (Å²) in [5, 5.41) is 3.18. The number of aromatic nitrogens is 1. The van der Waals surface area contributed by atoms with Crippen LogP contribution in [0.1, 0.15) is 22.3 Å². The van der Waals surface area contributed by atoms with E-state index in [4.69, 9.17) is 5.73 Å². The van der Waals surface area contributed by atoms with Crippen molar-refractivity contribution in [2.24, 2.45) is 5.73 Å². The Bertz CT molecular complexity index is 481. The van der Waals surface area contributed by atoms with Gasteiger partial charge in [-0.05, 0) is 41.1 Å². The summed E-state index contributed by atoms with van der Waals surface area (Å²) in [6.45, 7) is 2.01. The normalized spacial score (nSPS) is 12.7. The van der Waals surface area contributed by atoms with Crippen LogP contribution in [0.4, 0.5) is 0 Å². The molecule has 2 nitrogen and oxygen atoms in total. The molecule has 0 radical (unpaired) electrons. The first kappa shape index (κ1) is 12.0. The molecule has 1 heterocycles. The molecule has 0 saturated heterocycles. The average molecular weight is 344 g/mol. The average Bonchev–Trinajstić information content (AvgIpc) is 2.64. The Morgan fingerprint density at radius 2 is 2.19 bits per heavy atom. The monoisotopic (exact) mass is 344 g/mol. The summed E-state index contributed by atoms with van der Waals surface area (Å²) in [4.78, 5) is 4.44. The van der Waals surface area contributed by atoms with Gasteiger partial charge in [0.1, 0.15) is 0 Å². The summed E-state index contributed by atoms with van der Waals surface area (Å²) in [7, 11) is 0. The molecule has 1 atom stereocenters. The lowest BCUT2D eigenvalue weighted by atomic mass is 10.1. The van der Waals surface area contributed by atoms with Gasteiger partial charge in [-0.15, -0.1) is 11.3 Å². The number of hydrogen-bond donors (Lipinski definition) is 1. The lowest BCUT2D eigenvalue weighted by Crippen LogP contribution is -2.14. The Labute approximate surface area is 113 Å². The predicted molar refractivity (Wildman–Crippen MR) is 76.6 cm³/mol. The molecular formula is C12H13IN2S. The van der Waals surface area contributed by atoms with Gasteiger partial charge in [-0.3, -0.25) is 0 Å². The summed E-state index contributed by atoms with van der Waals surface area (Å²) in [5.41, 5.74) is 8.48. The highest BCUT2D eigenvalue weighted by molar-refractivity contribution is 14.1. The molecule has 1 aromatic carbocycles. The van der Waals surface area contributed by atoms with Gasteiger partial charge in [0.25, 0.3) is 0 Å². The Balaban J connectivity index is 2.14. The predicted octanol–water partition coefficient (Wildman–Crippen LogP) is 3.30. The maximum absolute atomic E-state index is 6.20. The van der Waals surface area contributed by atoms with Gasteiger partial charge in [-0.1, -0.05) is 18.2 Å². The van der Waals surface area contributed by atoms with Gasteiger partial charge >= 0.3 is 0 Å². The van der Waals surface area contributed by atoms with Crippen molar-refractivity contribution in [1.82, 2.24) is 4.98 Å². The number of halogens is 1. The number of rotatable bonds is 3. The van der Waals surface area contributed by atoms with Crippen LogP contribution in [0.15, 0.2) is 29.6 Å². The largest absolute Gasteiger partial charge is 0.324 e. The number of nitrogens with two attached hydrogens (primary N) is 1. The topological polar surface area (TPSA) is 38.9 Å². The minimum absolute atomic E-state index is 0.0404. The van der Waals surface area contributed by atoms with E-state index in [0.29, 0.717) is 0 Å². The third kappa shape index (κ3) is 2.81. The molecular weight excluding hydrogens is 331 g/mol. The first-order chi connectivity index (χ1) is 7.66. The molecule has 0 aliphatic rings. The number of benzene rings is 1. The molecule has 0 fully saturated rings. The minimum Gasteiger partial charge on any atom is -0.324 e. The summed E-state index contributed by atoms with van der Waals surface area (Å²) >= 11 is 4.01. The first-order valence-corrected chi connectivity index (χ1v) is 7.03. The molecule has 2 aromatic rings. The smallest absolute Gasteiger partial charge is 0.0947 e. The van der Waals surface area contributed by atoms with Crippen molar-refractivity contribution >= 4 is 33.9 Å². The zero-order valence-electron chi connectivity index (χ0n) is 8.98. The highest BCUT2D eigenvalue weighted by atomic mass is 127. The van der Waals surface area contributed by atoms with E-state index < -0.39 is 0 Å². The first-order valence-electron chi connectivity index (χ1n) is 5.08. The van der Waals surface area contributed by atoms with Gasteiger partial charge in [0.05, 0.1) is 5.01 Å². The third-order valence-corrected chi connectivity index (χ3v) is 4.34. The van der Waals surface area contributed by atoms with E-state index in [1.54, 1.807) is 11.3 Å². The summed E-state index contributed by atoms with van der Waals surface area (Å²) in [5.74, 6) is 0. The van der Waals surface area contributed by atoms with Crippen LogP contribution >= 0.6 is 33.9 Å². The van der Waals surface area contributed by atoms with Crippen molar-refractivity contribution in [2.75, 3.05) is 0 Å². The molecule has 0 spiro atoms. The number of aryl methyl sites for hydroxylation is 1. The molecule has 0 bridgehead atoms. The Morgan fingerprint density at radius 3 is 2.81 bits per heavy atom. The molecule has 84 valence electrons. The maximum Gasteiger partial charge on any atom is 0.0947 e. The summed E-state index contributed by atoms with van der Waals surface area (Å²) in [6.07, 6.45) is 0.818. The third-order valence-electron chi connectivity index (χ3n) is 2.37. The van der Waals surface area contributed by atoms with Crippen molar-refractivity contribution < 1.29 is 0 Å². The second kappa shape index (κ2) is 5.25. The second-order valence-corrected chi connectivity index (χ2v) is 5.82. The molecule has 2 N–H and O–H groups in total. The van der Waals surface area contributed by atoms with E-state index in [1.807, 2.05) is 19.1 Å². The number of nitrogens with zero attached hydrogens (tertiary/aromatic N) is 1. The maximum atomic E-state index is 6.20. The lowest BCUT2D eigenvalue weighted by Gasteiger charge is -2.12. The molecule has 0 aliphatic carbocycles. The van der Waals surface area contributed by atoms with Crippen LogP contribution < -0.4 is 5.73 Å². The molecule has 0 amide bonds. The summed E-state index contributed by atoms with van der Waals surface area (Å²) < 4.78 is 1.22. The highest BCUT2D eigenvalue weighted by Gasteiger charge is 2.11. The molecule has 1 aromatic heterocycles. The van der Waals surface area contributed by atoms with Crippen LogP contribution in [0, 0.1) is 10.5 Å². The van der Waals surface area contributed by atoms with E-state index in [1.165, 1.54) is 9.13 Å². The van der Waals surface area contributed by atoms with Crippen molar-refractivity contribution in [2.45, 2.75) is 19.4 Å². The van der Waals surface area contributed by atoms with Gasteiger partial charge in [0, 0.05) is 27.1 Å². The Hall–Kier alpha value is -0.460. The molecule has 0 aliphatic heterocycles. The molecule has 2 rings (SSSR count). The van der Waals surface area contributed by atoms with Gasteiger partial charge in [-0.2, -0.15) is 0 Å². The SMILES string of the molecule is Cc1csc(CC(N)c2ccccc2I)n1. The second-order valence-electron chi connectivity index (χ2n) is 3.71. The fourth-order valence-electron chi connectivity index (χ4n) is 1.57. The quantitative estimate of drug-likeness (QED) is 0.868. The number of thiazole rings is 1. The minimum atomic E-state index is 0.0404. The van der Waals surface area contributed by atoms with Gasteiger partial charge in [0.2, 0.25) is 0 Å². The van der Waals surface area contributed by atoms with E-state index in [9.17, 15) is 0 Å². The Kier molecular flexibility index (Phi) is 3.94. The van der Waals surface area contributed by atoms with Crippen molar-refractivity contribution in [3.63, 3.8) is 0 Å². The van der Waals surface area contributed by atoms with Crippen molar-refractivity contribution in [3.8, 4) is 0 Å². The van der Waals surface area contributed by atoms with Crippen LogP contribution in [0.25, 0.3) is 0 Å². The van der Waals surface area contributed by atoms with Gasteiger partial charge < -0.3 is 5.73 Å². The van der Waals surface area contributed by atoms with Gasteiger partial charge in [-0.25, -0.2) is 4.98 Å². The lowest BCUT2D eigenvalue weighted by molar-refractivity contribution is 0.713. The van der Waals surface area contributed by atoms with Gasteiger partial charge in [0.15, 0.2) is 0 Å². The molecule has 16 heavy (non-hydrogen) atoms. The molecule has 4 heteroatoms. The fourth-order valence-corrected chi connectivity index (χ4v) is 3.19. The van der Waals surface area contributed by atoms with Crippen molar-refractivity contribution in [1.29, 1.82) is 0 Å². The zero-order chi connectivity index (χ0) is 11.5. The van der Waals surface area contributed by atoms with E-state index >= 15 is 0 Å². The molecule has 1 unspecified atom stereocenters. The molecule has 0 saturated carbocycles. The van der Waals surface area contributed by atoms with Crippen LogP contribution in [0.3, 0.4) is 0 Å². The fraction of sp³-hybridized carbons (Fsp3) is 0.250. The zero-order valence-corrected chi connectivity index (χ0v) is 12.0. The Morgan fingerprint density at radius 1 is 1.44 bits per heavy atom. The van der Waals surface area contributed by atoms with E-state index in [0.717, 1.165) is 17.1 Å². The standard InChI is InChI=1S/C12H13IN2S/c1-8-7-16-12(15-8)6-11(14)9-4-2-3-5-10(9)13/h2-5,7,11H,6,14H2,1H3. The number of hydrogen-bond acceptors (Lipinski definition) is 3. The van der Waals surface area contributed by atoms with Crippen molar-refractivity contribution in [3.05, 3.63) is 49.5 Å². The van der Waals surface area contributed by atoms with E-state index in [-0.39, 0.29) is 6.04 Å². The van der Waals surface area contributed by atoms with Crippen LogP contribution in [0.5, 0.6) is 0 Å². The van der Waals surface area contributed by atoms with E-state index in [2.05, 4.69) is 45.1 Å².